The molecule has 21 heavy (non-hydrogen) atoms. The van der Waals surface area contributed by atoms with Crippen LogP contribution in [0.15, 0.2) is 24.3 Å². The van der Waals surface area contributed by atoms with Crippen molar-refractivity contribution in [3.8, 4) is 0 Å². The fourth-order valence-corrected chi connectivity index (χ4v) is 2.39. The number of likely N-dealkylation sites (tertiary alicyclic amines) is 1. The van der Waals surface area contributed by atoms with Crippen LogP contribution >= 0.6 is 12.4 Å². The standard InChI is InChI=1S/C15H18FNO3.ClH/c1-2-20-15(19)14(11-3-5-12(16)6-4-11)17-9-7-13(18)8-10-17;/h3-6,14H,2,7-10H2,1H3;1H/t14-;/m0./s1. The molecule has 1 atom stereocenters. The van der Waals surface area contributed by atoms with Crippen LogP contribution < -0.4 is 0 Å². The average Bonchev–Trinajstić information content (AvgIpc) is 2.44. The summed E-state index contributed by atoms with van der Waals surface area (Å²) in [6, 6.07) is 5.28. The maximum absolute atomic E-state index is 13.0. The van der Waals surface area contributed by atoms with Gasteiger partial charge in [-0.3, -0.25) is 9.69 Å². The van der Waals surface area contributed by atoms with Crippen LogP contribution in [-0.2, 0) is 14.3 Å². The average molecular weight is 316 g/mol. The highest BCUT2D eigenvalue weighted by Crippen LogP contribution is 2.25. The molecule has 1 aromatic rings. The Balaban J connectivity index is 0.00000220. The second-order valence-corrected chi connectivity index (χ2v) is 4.78. The molecule has 2 rings (SSSR count). The molecule has 1 aliphatic heterocycles. The van der Waals surface area contributed by atoms with Crippen molar-refractivity contribution >= 4 is 24.2 Å². The number of nitrogens with zero attached hydrogens (tertiary/aromatic N) is 1. The number of ether oxygens (including phenoxy) is 1. The van der Waals surface area contributed by atoms with E-state index in [0.717, 1.165) is 0 Å². The van der Waals surface area contributed by atoms with Gasteiger partial charge in [0.05, 0.1) is 6.61 Å². The van der Waals surface area contributed by atoms with E-state index in [1.165, 1.54) is 12.1 Å². The molecule has 0 saturated carbocycles. The van der Waals surface area contributed by atoms with Crippen molar-refractivity contribution in [2.75, 3.05) is 19.7 Å². The number of ketones is 1. The van der Waals surface area contributed by atoms with Gasteiger partial charge in [0.15, 0.2) is 0 Å². The summed E-state index contributed by atoms with van der Waals surface area (Å²) >= 11 is 0. The van der Waals surface area contributed by atoms with Crippen molar-refractivity contribution in [2.45, 2.75) is 25.8 Å². The highest BCUT2D eigenvalue weighted by atomic mass is 35.5. The number of Topliss-reactive ketones (excluding diaryl/α,β-unsaturated/α-hetero) is 1. The highest BCUT2D eigenvalue weighted by Gasteiger charge is 2.31. The SMILES string of the molecule is CCOC(=O)[C@H](c1ccc(F)cc1)N1CCC(=O)CC1.Cl. The maximum Gasteiger partial charge on any atom is 0.327 e. The summed E-state index contributed by atoms with van der Waals surface area (Å²) in [6.07, 6.45) is 0.883. The molecule has 4 nitrogen and oxygen atoms in total. The van der Waals surface area contributed by atoms with Crippen molar-refractivity contribution < 1.29 is 18.7 Å². The third-order valence-corrected chi connectivity index (χ3v) is 3.42. The third-order valence-electron chi connectivity index (χ3n) is 3.42. The molecule has 0 bridgehead atoms. The molecule has 0 aromatic heterocycles. The first-order valence-corrected chi connectivity index (χ1v) is 6.79. The molecule has 6 heteroatoms. The molecule has 1 aromatic carbocycles. The lowest BCUT2D eigenvalue weighted by atomic mass is 10.0. The largest absolute Gasteiger partial charge is 0.465 e. The van der Waals surface area contributed by atoms with Crippen molar-refractivity contribution in [1.82, 2.24) is 4.90 Å². The fraction of sp³-hybridized carbons (Fsp3) is 0.467. The van der Waals surface area contributed by atoms with E-state index in [1.807, 2.05) is 4.90 Å². The van der Waals surface area contributed by atoms with Gasteiger partial charge in [-0.1, -0.05) is 12.1 Å². The number of halogens is 2. The van der Waals surface area contributed by atoms with Crippen molar-refractivity contribution in [3.63, 3.8) is 0 Å². The number of piperidine rings is 1. The molecule has 0 N–H and O–H groups in total. The first-order chi connectivity index (χ1) is 9.61. The summed E-state index contributed by atoms with van der Waals surface area (Å²) in [6.45, 7) is 3.10. The Bertz CT molecular complexity index is 482. The molecule has 1 heterocycles. The van der Waals surface area contributed by atoms with Crippen LogP contribution in [0.5, 0.6) is 0 Å². The predicted molar refractivity (Wildman–Crippen MR) is 78.8 cm³/mol. The van der Waals surface area contributed by atoms with E-state index in [1.54, 1.807) is 19.1 Å². The van der Waals surface area contributed by atoms with E-state index in [2.05, 4.69) is 0 Å². The summed E-state index contributed by atoms with van der Waals surface area (Å²) in [7, 11) is 0. The third kappa shape index (κ3) is 4.51. The molecule has 1 aliphatic rings. The van der Waals surface area contributed by atoms with Crippen LogP contribution in [0.4, 0.5) is 4.39 Å². The number of hydrogen-bond acceptors (Lipinski definition) is 4. The monoisotopic (exact) mass is 315 g/mol. The summed E-state index contributed by atoms with van der Waals surface area (Å²) in [5.41, 5.74) is 0.694. The fourth-order valence-electron chi connectivity index (χ4n) is 2.39. The summed E-state index contributed by atoms with van der Waals surface area (Å²) in [5.74, 6) is -0.485. The number of hydrogen-bond donors (Lipinski definition) is 0. The zero-order valence-electron chi connectivity index (χ0n) is 11.9. The summed E-state index contributed by atoms with van der Waals surface area (Å²) < 4.78 is 18.1. The van der Waals surface area contributed by atoms with Gasteiger partial charge in [-0.05, 0) is 24.6 Å². The van der Waals surface area contributed by atoms with E-state index in [0.29, 0.717) is 38.1 Å². The molecule has 1 saturated heterocycles. The molecular weight excluding hydrogens is 297 g/mol. The Morgan fingerprint density at radius 1 is 1.29 bits per heavy atom. The Labute approximate surface area is 129 Å². The van der Waals surface area contributed by atoms with Gasteiger partial charge in [0, 0.05) is 25.9 Å². The summed E-state index contributed by atoms with van der Waals surface area (Å²) in [5, 5.41) is 0. The van der Waals surface area contributed by atoms with Gasteiger partial charge in [0.1, 0.15) is 17.6 Å². The Morgan fingerprint density at radius 2 is 1.86 bits per heavy atom. The zero-order chi connectivity index (χ0) is 14.5. The van der Waals surface area contributed by atoms with Crippen LogP contribution in [0.2, 0.25) is 0 Å². The van der Waals surface area contributed by atoms with Crippen molar-refractivity contribution in [3.05, 3.63) is 35.6 Å². The van der Waals surface area contributed by atoms with Crippen LogP contribution in [0, 0.1) is 5.82 Å². The lowest BCUT2D eigenvalue weighted by Crippen LogP contribution is -2.41. The molecule has 0 radical (unpaired) electrons. The minimum Gasteiger partial charge on any atom is -0.465 e. The topological polar surface area (TPSA) is 46.6 Å². The molecule has 116 valence electrons. The number of carbonyl (C=O) groups excluding carboxylic acids is 2. The highest BCUT2D eigenvalue weighted by molar-refractivity contribution is 5.85. The van der Waals surface area contributed by atoms with Crippen LogP contribution in [0.25, 0.3) is 0 Å². The first-order valence-electron chi connectivity index (χ1n) is 6.79. The van der Waals surface area contributed by atoms with E-state index in [9.17, 15) is 14.0 Å². The molecule has 0 aliphatic carbocycles. The smallest absolute Gasteiger partial charge is 0.327 e. The molecule has 0 spiro atoms. The lowest BCUT2D eigenvalue weighted by Gasteiger charge is -2.32. The Hall–Kier alpha value is -1.46. The van der Waals surface area contributed by atoms with E-state index in [-0.39, 0.29) is 30.0 Å². The number of esters is 1. The van der Waals surface area contributed by atoms with Crippen molar-refractivity contribution in [2.24, 2.45) is 0 Å². The van der Waals surface area contributed by atoms with E-state index in [4.69, 9.17) is 4.74 Å². The van der Waals surface area contributed by atoms with Gasteiger partial charge in [-0.25, -0.2) is 9.18 Å². The maximum atomic E-state index is 13.0. The van der Waals surface area contributed by atoms with Gasteiger partial charge < -0.3 is 4.74 Å². The van der Waals surface area contributed by atoms with Gasteiger partial charge in [0.2, 0.25) is 0 Å². The Kier molecular flexibility index (Phi) is 6.78. The number of rotatable bonds is 4. The van der Waals surface area contributed by atoms with Gasteiger partial charge in [-0.2, -0.15) is 0 Å². The van der Waals surface area contributed by atoms with Crippen LogP contribution in [0.3, 0.4) is 0 Å². The Morgan fingerprint density at radius 3 is 2.38 bits per heavy atom. The van der Waals surface area contributed by atoms with Gasteiger partial charge in [-0.15, -0.1) is 12.4 Å². The van der Waals surface area contributed by atoms with Gasteiger partial charge in [0.25, 0.3) is 0 Å². The molecule has 1 fully saturated rings. The number of benzene rings is 1. The molecular formula is C15H19ClFNO3. The quantitative estimate of drug-likeness (QED) is 0.801. The van der Waals surface area contributed by atoms with Crippen molar-refractivity contribution in [1.29, 1.82) is 0 Å². The van der Waals surface area contributed by atoms with Crippen LogP contribution in [-0.4, -0.2) is 36.3 Å². The zero-order valence-corrected chi connectivity index (χ0v) is 12.7. The summed E-state index contributed by atoms with van der Waals surface area (Å²) in [4.78, 5) is 25.4. The normalized spacial score (nSPS) is 17.0. The second kappa shape index (κ2) is 8.10. The van der Waals surface area contributed by atoms with Gasteiger partial charge >= 0.3 is 5.97 Å². The second-order valence-electron chi connectivity index (χ2n) is 4.78. The van der Waals surface area contributed by atoms with E-state index < -0.39 is 6.04 Å². The predicted octanol–water partition coefficient (Wildman–Crippen LogP) is 2.52. The number of carbonyl (C=O) groups is 2. The molecule has 0 unspecified atom stereocenters. The van der Waals surface area contributed by atoms with E-state index >= 15 is 0 Å². The van der Waals surface area contributed by atoms with Crippen LogP contribution in [0.1, 0.15) is 31.4 Å². The minimum atomic E-state index is -0.566. The minimum absolute atomic E-state index is 0. The first kappa shape index (κ1) is 17.6. The molecule has 0 amide bonds. The lowest BCUT2D eigenvalue weighted by molar-refractivity contribution is -0.151.